The number of carbonyl (C=O) groups excluding carboxylic acids is 1. The number of halogens is 1. The average molecular weight is 405 g/mol. The molecule has 25 heavy (non-hydrogen) atoms. The summed E-state index contributed by atoms with van der Waals surface area (Å²) in [5.41, 5.74) is 2.50. The van der Waals surface area contributed by atoms with Crippen molar-refractivity contribution in [3.8, 4) is 0 Å². The molecule has 9 atom stereocenters. The lowest BCUT2D eigenvalue weighted by Gasteiger charge is -2.58. The quantitative estimate of drug-likeness (QED) is 0.514. The Morgan fingerprint density at radius 1 is 1.20 bits per heavy atom. The van der Waals surface area contributed by atoms with Gasteiger partial charge in [0.25, 0.3) is 0 Å². The Balaban J connectivity index is 1.51. The van der Waals surface area contributed by atoms with Gasteiger partial charge in [0.05, 0.1) is 0 Å². The van der Waals surface area contributed by atoms with Crippen molar-refractivity contribution < 1.29 is 4.79 Å². The number of hydrogen-bond donors (Lipinski definition) is 0. The smallest absolute Gasteiger partial charge is 0.155 e. The van der Waals surface area contributed by atoms with Gasteiger partial charge in [0.1, 0.15) is 0 Å². The summed E-state index contributed by atoms with van der Waals surface area (Å²) in [4.78, 5) is 12.1. The first-order valence-corrected chi connectivity index (χ1v) is 11.8. The first-order valence-electron chi connectivity index (χ1n) is 10.7. The second-order valence-corrected chi connectivity index (χ2v) is 11.3. The van der Waals surface area contributed by atoms with Crippen molar-refractivity contribution in [2.24, 2.45) is 52.3 Å². The number of fused-ring (bicyclic) bond motifs is 8. The van der Waals surface area contributed by atoms with Crippen molar-refractivity contribution in [2.45, 2.75) is 65.7 Å². The number of carbonyl (C=O) groups is 1. The lowest BCUT2D eigenvalue weighted by atomic mass is 9.46. The largest absolute Gasteiger partial charge is 0.295 e. The highest BCUT2D eigenvalue weighted by Crippen LogP contribution is 2.74. The van der Waals surface area contributed by atoms with Gasteiger partial charge in [0.2, 0.25) is 0 Å². The summed E-state index contributed by atoms with van der Waals surface area (Å²) < 4.78 is 0. The summed E-state index contributed by atoms with van der Waals surface area (Å²) in [6.07, 6.45) is 11.2. The first-order chi connectivity index (χ1) is 11.9. The lowest BCUT2D eigenvalue weighted by Crippen LogP contribution is -2.52. The molecule has 0 spiro atoms. The van der Waals surface area contributed by atoms with Crippen LogP contribution in [0.5, 0.6) is 0 Å². The van der Waals surface area contributed by atoms with Crippen LogP contribution in [0.4, 0.5) is 0 Å². The van der Waals surface area contributed by atoms with Crippen LogP contribution in [-0.2, 0) is 4.79 Å². The molecule has 0 aromatic heterocycles. The zero-order chi connectivity index (χ0) is 17.6. The predicted octanol–water partition coefficient (Wildman–Crippen LogP) is 6.02. The van der Waals surface area contributed by atoms with Crippen molar-refractivity contribution in [1.29, 1.82) is 0 Å². The Kier molecular flexibility index (Phi) is 3.72. The third kappa shape index (κ3) is 2.15. The molecule has 4 unspecified atom stereocenters. The van der Waals surface area contributed by atoms with Crippen LogP contribution >= 0.6 is 15.9 Å². The van der Waals surface area contributed by atoms with Gasteiger partial charge in [-0.1, -0.05) is 42.3 Å². The van der Waals surface area contributed by atoms with Gasteiger partial charge in [-0.25, -0.2) is 0 Å². The van der Waals surface area contributed by atoms with E-state index in [4.69, 9.17) is 0 Å². The Morgan fingerprint density at radius 3 is 2.76 bits per heavy atom. The Morgan fingerprint density at radius 2 is 2.00 bits per heavy atom. The van der Waals surface area contributed by atoms with Crippen LogP contribution in [0.25, 0.3) is 0 Å². The topological polar surface area (TPSA) is 17.1 Å². The standard InChI is InChI=1S/C23H33BrO/c1-13(12-24)17-4-5-18-21-16-11-15(16)20-10-14(25)6-8-23(20,3)19(21)7-9-22(17,18)2/h10,13,15-19,21H,4-9,11-12H2,1-3H3/t13-,15+,16-,17?,18?,19?,21?,22-,23-/m1/s1. The minimum atomic E-state index is 0.344. The zero-order valence-corrected chi connectivity index (χ0v) is 17.6. The van der Waals surface area contributed by atoms with Crippen LogP contribution in [0.15, 0.2) is 11.6 Å². The fraction of sp³-hybridized carbons (Fsp3) is 0.870. The summed E-state index contributed by atoms with van der Waals surface area (Å²) >= 11 is 3.77. The summed E-state index contributed by atoms with van der Waals surface area (Å²) in [7, 11) is 0. The molecule has 0 amide bonds. The van der Waals surface area contributed by atoms with E-state index in [1.807, 2.05) is 0 Å². The number of hydrogen-bond acceptors (Lipinski definition) is 1. The van der Waals surface area contributed by atoms with Gasteiger partial charge in [-0.15, -0.1) is 0 Å². The van der Waals surface area contributed by atoms with E-state index in [0.717, 1.165) is 59.6 Å². The Labute approximate surface area is 161 Å². The molecule has 5 rings (SSSR count). The molecule has 1 nitrogen and oxygen atoms in total. The van der Waals surface area contributed by atoms with E-state index < -0.39 is 0 Å². The zero-order valence-electron chi connectivity index (χ0n) is 16.1. The summed E-state index contributed by atoms with van der Waals surface area (Å²) in [5.74, 6) is 6.56. The molecule has 0 N–H and O–H groups in total. The molecule has 0 bridgehead atoms. The predicted molar refractivity (Wildman–Crippen MR) is 106 cm³/mol. The number of ketones is 1. The molecule has 0 aromatic rings. The fourth-order valence-corrected chi connectivity index (χ4v) is 8.93. The van der Waals surface area contributed by atoms with E-state index in [2.05, 4.69) is 42.8 Å². The van der Waals surface area contributed by atoms with Gasteiger partial charge in [-0.3, -0.25) is 4.79 Å². The molecule has 5 aliphatic carbocycles. The van der Waals surface area contributed by atoms with Crippen LogP contribution in [0.2, 0.25) is 0 Å². The maximum Gasteiger partial charge on any atom is 0.155 e. The van der Waals surface area contributed by atoms with Crippen molar-refractivity contribution >= 4 is 21.7 Å². The highest BCUT2D eigenvalue weighted by atomic mass is 79.9. The minimum absolute atomic E-state index is 0.344. The van der Waals surface area contributed by atoms with Crippen molar-refractivity contribution in [1.82, 2.24) is 0 Å². The van der Waals surface area contributed by atoms with Gasteiger partial charge in [0, 0.05) is 11.8 Å². The van der Waals surface area contributed by atoms with Crippen molar-refractivity contribution in [3.63, 3.8) is 0 Å². The molecule has 4 saturated carbocycles. The first kappa shape index (κ1) is 17.0. The summed E-state index contributed by atoms with van der Waals surface area (Å²) in [6.45, 7) is 7.66. The van der Waals surface area contributed by atoms with Gasteiger partial charge >= 0.3 is 0 Å². The second-order valence-electron chi connectivity index (χ2n) is 10.6. The molecule has 4 fully saturated rings. The van der Waals surface area contributed by atoms with E-state index in [0.29, 0.717) is 16.6 Å². The molecule has 2 heteroatoms. The third-order valence-electron chi connectivity index (χ3n) is 9.76. The Hall–Kier alpha value is -0.110. The maximum absolute atomic E-state index is 12.1. The van der Waals surface area contributed by atoms with Gasteiger partial charge < -0.3 is 0 Å². The van der Waals surface area contributed by atoms with Crippen LogP contribution in [0, 0.1) is 52.3 Å². The monoisotopic (exact) mass is 404 g/mol. The molecule has 5 aliphatic rings. The van der Waals surface area contributed by atoms with Crippen molar-refractivity contribution in [2.75, 3.05) is 5.33 Å². The average Bonchev–Trinajstić information content (AvgIpc) is 3.30. The van der Waals surface area contributed by atoms with E-state index in [1.165, 1.54) is 32.1 Å². The number of alkyl halides is 1. The number of allylic oxidation sites excluding steroid dienone is 1. The van der Waals surface area contributed by atoms with Crippen molar-refractivity contribution in [3.05, 3.63) is 11.6 Å². The van der Waals surface area contributed by atoms with E-state index in [-0.39, 0.29) is 0 Å². The van der Waals surface area contributed by atoms with Crippen LogP contribution in [-0.4, -0.2) is 11.1 Å². The highest BCUT2D eigenvalue weighted by Gasteiger charge is 2.67. The maximum atomic E-state index is 12.1. The summed E-state index contributed by atoms with van der Waals surface area (Å²) in [6, 6.07) is 0. The minimum Gasteiger partial charge on any atom is -0.295 e. The van der Waals surface area contributed by atoms with E-state index in [1.54, 1.807) is 5.57 Å². The third-order valence-corrected chi connectivity index (χ3v) is 10.8. The normalized spacial score (nSPS) is 54.7. The van der Waals surface area contributed by atoms with Gasteiger partial charge in [-0.05, 0) is 96.9 Å². The van der Waals surface area contributed by atoms with E-state index in [9.17, 15) is 4.79 Å². The second kappa shape index (κ2) is 5.46. The van der Waals surface area contributed by atoms with E-state index >= 15 is 0 Å². The van der Waals surface area contributed by atoms with Crippen LogP contribution < -0.4 is 0 Å². The molecule has 138 valence electrons. The number of rotatable bonds is 2. The Bertz CT molecular complexity index is 638. The lowest BCUT2D eigenvalue weighted by molar-refractivity contribution is -0.117. The molecule has 0 saturated heterocycles. The van der Waals surface area contributed by atoms with Gasteiger partial charge in [-0.2, -0.15) is 0 Å². The molecular formula is C23H33BrO. The molecule has 0 aliphatic heterocycles. The van der Waals surface area contributed by atoms with Crippen LogP contribution in [0.3, 0.4) is 0 Å². The molecule has 0 heterocycles. The fourth-order valence-electron chi connectivity index (χ4n) is 8.48. The SMILES string of the molecule is C[C@H](CBr)C1CCC2C3C(CC[C@@]21C)[C@@]1(C)CCC(=O)C=C1[C@H]1C[C@@H]31. The van der Waals surface area contributed by atoms with Gasteiger partial charge in [0.15, 0.2) is 5.78 Å². The van der Waals surface area contributed by atoms with Crippen LogP contribution in [0.1, 0.15) is 65.7 Å². The molecule has 0 radical (unpaired) electrons. The molecule has 0 aromatic carbocycles. The molecular weight excluding hydrogens is 372 g/mol. The summed E-state index contributed by atoms with van der Waals surface area (Å²) in [5, 5.41) is 1.16. The highest BCUT2D eigenvalue weighted by molar-refractivity contribution is 9.09.